The zero-order valence-electron chi connectivity index (χ0n) is 20.5. The highest BCUT2D eigenvalue weighted by molar-refractivity contribution is 7.98. The first-order chi connectivity index (χ1) is 16.1. The number of carbonyl (C=O) groups excluding carboxylic acids is 1. The fourth-order valence-corrected chi connectivity index (χ4v) is 5.84. The van der Waals surface area contributed by atoms with Crippen molar-refractivity contribution >= 4 is 39.9 Å². The first-order valence-electron chi connectivity index (χ1n) is 11.7. The quantitative estimate of drug-likeness (QED) is 0.297. The summed E-state index contributed by atoms with van der Waals surface area (Å²) in [6.45, 7) is 7.27. The molecule has 0 saturated carbocycles. The lowest BCUT2D eigenvalue weighted by Gasteiger charge is -2.28. The molecule has 2 unspecified atom stereocenters. The summed E-state index contributed by atoms with van der Waals surface area (Å²) in [6, 6.07) is 14.3. The molecule has 0 N–H and O–H groups in total. The van der Waals surface area contributed by atoms with Crippen LogP contribution in [0.5, 0.6) is 5.75 Å². The van der Waals surface area contributed by atoms with Gasteiger partial charge in [-0.25, -0.2) is 0 Å². The van der Waals surface area contributed by atoms with Gasteiger partial charge in [-0.3, -0.25) is 9.00 Å². The van der Waals surface area contributed by atoms with Crippen LogP contribution in [-0.2, 0) is 20.3 Å². The number of rotatable bonds is 9. The van der Waals surface area contributed by atoms with E-state index < -0.39 is 10.8 Å². The van der Waals surface area contributed by atoms with Crippen LogP contribution in [0.25, 0.3) is 0 Å². The molecule has 0 bridgehead atoms. The number of anilines is 2. The summed E-state index contributed by atoms with van der Waals surface area (Å²) >= 11 is 1.59. The number of fused-ring (bicyclic) bond motifs is 1. The molecule has 0 saturated heterocycles. The van der Waals surface area contributed by atoms with E-state index in [1.165, 1.54) is 7.11 Å². The van der Waals surface area contributed by atoms with Crippen molar-refractivity contribution in [1.29, 1.82) is 0 Å². The highest BCUT2D eigenvalue weighted by atomic mass is 32.2. The number of hydrogen-bond acceptors (Lipinski definition) is 6. The molecule has 0 aliphatic carbocycles. The number of methoxy groups -OCH3 is 1. The van der Waals surface area contributed by atoms with Crippen LogP contribution in [0.15, 0.2) is 52.3 Å². The molecule has 5 nitrogen and oxygen atoms in total. The lowest BCUT2D eigenvalue weighted by Crippen LogP contribution is -2.25. The van der Waals surface area contributed by atoms with Crippen molar-refractivity contribution < 1.29 is 18.5 Å². The Morgan fingerprint density at radius 3 is 2.58 bits per heavy atom. The maximum Gasteiger partial charge on any atom is 0.308 e. The molecule has 2 aromatic carbocycles. The van der Waals surface area contributed by atoms with Crippen molar-refractivity contribution in [2.45, 2.75) is 56.2 Å². The Balaban J connectivity index is 0.00000187. The Morgan fingerprint density at radius 2 is 1.94 bits per heavy atom. The van der Waals surface area contributed by atoms with Crippen LogP contribution in [-0.4, -0.2) is 42.4 Å². The molecule has 182 valence electrons. The number of nitrogens with zero attached hydrogens (tertiary/aromatic N) is 1. The highest BCUT2D eigenvalue weighted by Gasteiger charge is 2.29. The lowest BCUT2D eigenvalue weighted by atomic mass is 10.0. The lowest BCUT2D eigenvalue weighted by molar-refractivity contribution is -0.141. The predicted octanol–water partition coefficient (Wildman–Crippen LogP) is 6.44. The average molecular weight is 492 g/mol. The summed E-state index contributed by atoms with van der Waals surface area (Å²) in [5, 5.41) is 0. The molecule has 0 radical (unpaired) electrons. The molecule has 1 aliphatic rings. The van der Waals surface area contributed by atoms with Crippen molar-refractivity contribution in [1.82, 2.24) is 0 Å². The second-order valence-electron chi connectivity index (χ2n) is 7.61. The van der Waals surface area contributed by atoms with Gasteiger partial charge in [-0.15, -0.1) is 11.8 Å². The fraction of sp³-hybridized carbons (Fsp3) is 0.500. The molecular weight excluding hydrogens is 454 g/mol. The Bertz CT molecular complexity index is 905. The minimum atomic E-state index is -1.12. The van der Waals surface area contributed by atoms with Crippen LogP contribution in [0, 0.1) is 5.92 Å². The van der Waals surface area contributed by atoms with Crippen LogP contribution in [0.1, 0.15) is 46.5 Å². The topological polar surface area (TPSA) is 55.8 Å². The van der Waals surface area contributed by atoms with Gasteiger partial charge in [0.15, 0.2) is 0 Å². The Labute approximate surface area is 205 Å². The van der Waals surface area contributed by atoms with E-state index in [1.54, 1.807) is 11.8 Å². The minimum Gasteiger partial charge on any atom is -0.492 e. The molecule has 0 fully saturated rings. The van der Waals surface area contributed by atoms with Crippen LogP contribution in [0.2, 0.25) is 0 Å². The van der Waals surface area contributed by atoms with Crippen LogP contribution >= 0.6 is 11.8 Å². The van der Waals surface area contributed by atoms with Gasteiger partial charge in [0.25, 0.3) is 0 Å². The number of benzene rings is 2. The van der Waals surface area contributed by atoms with Gasteiger partial charge in [0.05, 0.1) is 46.4 Å². The zero-order valence-corrected chi connectivity index (χ0v) is 22.1. The maximum atomic E-state index is 13.4. The molecule has 0 aromatic heterocycles. The smallest absolute Gasteiger partial charge is 0.308 e. The number of hydrogen-bond donors (Lipinski definition) is 0. The van der Waals surface area contributed by atoms with E-state index in [9.17, 15) is 9.00 Å². The van der Waals surface area contributed by atoms with Crippen molar-refractivity contribution in [2.24, 2.45) is 5.92 Å². The molecule has 0 amide bonds. The summed E-state index contributed by atoms with van der Waals surface area (Å²) in [4.78, 5) is 15.5. The summed E-state index contributed by atoms with van der Waals surface area (Å²) in [5.74, 6) is 1.37. The van der Waals surface area contributed by atoms with Gasteiger partial charge >= 0.3 is 5.97 Å². The summed E-state index contributed by atoms with van der Waals surface area (Å²) in [7, 11) is 0.250. The van der Waals surface area contributed by atoms with Crippen LogP contribution in [0.3, 0.4) is 0 Å². The van der Waals surface area contributed by atoms with E-state index in [-0.39, 0.29) is 19.0 Å². The molecule has 1 aliphatic heterocycles. The summed E-state index contributed by atoms with van der Waals surface area (Å²) in [6.07, 6.45) is 5.52. The average Bonchev–Trinajstić information content (AvgIpc) is 2.99. The SMILES string of the molecule is CC.CCCCC1CN(c2ccccc2)c2cc(SC)c(OCCC(=O)OC)cc2S(=O)C1. The van der Waals surface area contributed by atoms with Crippen molar-refractivity contribution in [3.63, 3.8) is 0 Å². The van der Waals surface area contributed by atoms with Gasteiger partial charge in [0.1, 0.15) is 5.75 Å². The normalized spacial score (nSPS) is 17.3. The minimum absolute atomic E-state index is 0.180. The fourth-order valence-electron chi connectivity index (χ4n) is 3.78. The first-order valence-corrected chi connectivity index (χ1v) is 14.2. The zero-order chi connectivity index (χ0) is 24.2. The van der Waals surface area contributed by atoms with E-state index in [4.69, 9.17) is 9.47 Å². The molecule has 0 spiro atoms. The van der Waals surface area contributed by atoms with E-state index >= 15 is 0 Å². The third kappa shape index (κ3) is 7.51. The third-order valence-corrected chi connectivity index (χ3v) is 7.78. The van der Waals surface area contributed by atoms with Gasteiger partial charge in [-0.05, 0) is 42.9 Å². The Kier molecular flexibility index (Phi) is 11.8. The van der Waals surface area contributed by atoms with Gasteiger partial charge in [0.2, 0.25) is 0 Å². The molecule has 2 atom stereocenters. The molecule has 1 heterocycles. The van der Waals surface area contributed by atoms with E-state index in [2.05, 4.69) is 30.0 Å². The highest BCUT2D eigenvalue weighted by Crippen LogP contribution is 2.42. The van der Waals surface area contributed by atoms with Crippen molar-refractivity contribution in [3.05, 3.63) is 42.5 Å². The predicted molar refractivity (Wildman–Crippen MR) is 139 cm³/mol. The number of para-hydroxylation sites is 1. The van der Waals surface area contributed by atoms with E-state index in [1.807, 2.05) is 44.4 Å². The molecule has 2 aromatic rings. The largest absolute Gasteiger partial charge is 0.492 e. The number of thioether (sulfide) groups is 1. The molecular formula is C26H37NO4S2. The van der Waals surface area contributed by atoms with Crippen LogP contribution < -0.4 is 9.64 Å². The Hall–Kier alpha value is -1.99. The van der Waals surface area contributed by atoms with Gasteiger partial charge < -0.3 is 14.4 Å². The standard InChI is InChI=1S/C24H31NO4S2.C2H6/c1-4-5-9-18-16-25(19-10-7-6-8-11-19)20-14-22(30-3)21(15-23(20)31(27)17-18)29-13-12-24(26)28-2;1-2/h6-8,10-11,14-15,18H,4-5,9,12-13,16-17H2,1-3H3;1-2H3. The Morgan fingerprint density at radius 1 is 1.21 bits per heavy atom. The second-order valence-corrected chi connectivity index (χ2v) is 9.92. The van der Waals surface area contributed by atoms with Crippen molar-refractivity contribution in [2.75, 3.05) is 37.2 Å². The molecule has 3 rings (SSSR count). The number of ether oxygens (including phenoxy) is 2. The summed E-state index contributed by atoms with van der Waals surface area (Å²) < 4.78 is 24.0. The maximum absolute atomic E-state index is 13.4. The van der Waals surface area contributed by atoms with E-state index in [0.29, 0.717) is 17.4 Å². The summed E-state index contributed by atoms with van der Waals surface area (Å²) in [5.41, 5.74) is 2.09. The van der Waals surface area contributed by atoms with Gasteiger partial charge in [-0.2, -0.15) is 0 Å². The number of unbranched alkanes of at least 4 members (excludes halogenated alkanes) is 1. The number of esters is 1. The van der Waals surface area contributed by atoms with Crippen molar-refractivity contribution in [3.8, 4) is 5.75 Å². The van der Waals surface area contributed by atoms with Crippen LogP contribution in [0.4, 0.5) is 11.4 Å². The third-order valence-electron chi connectivity index (χ3n) is 5.43. The number of carbonyl (C=O) groups is 1. The monoisotopic (exact) mass is 491 g/mol. The van der Waals surface area contributed by atoms with Gasteiger partial charge in [0, 0.05) is 18.0 Å². The molecule has 33 heavy (non-hydrogen) atoms. The molecule has 7 heteroatoms. The second kappa shape index (κ2) is 14.3. The van der Waals surface area contributed by atoms with E-state index in [0.717, 1.165) is 47.0 Å². The first kappa shape index (κ1) is 27.3. The van der Waals surface area contributed by atoms with Gasteiger partial charge in [-0.1, -0.05) is 51.8 Å².